The van der Waals surface area contributed by atoms with Crippen molar-refractivity contribution in [1.29, 1.82) is 0 Å². The first-order valence-corrected chi connectivity index (χ1v) is 7.97. The van der Waals surface area contributed by atoms with Gasteiger partial charge in [0, 0.05) is 17.0 Å². The van der Waals surface area contributed by atoms with Crippen molar-refractivity contribution in [3.63, 3.8) is 0 Å². The molecular formula is C19H20N4. The van der Waals surface area contributed by atoms with Crippen LogP contribution in [0.5, 0.6) is 0 Å². The lowest BCUT2D eigenvalue weighted by atomic mass is 9.89. The van der Waals surface area contributed by atoms with Crippen molar-refractivity contribution in [3.8, 4) is 0 Å². The van der Waals surface area contributed by atoms with Crippen LogP contribution in [0.3, 0.4) is 0 Å². The molecule has 1 aromatic carbocycles. The molecule has 0 amide bonds. The zero-order valence-corrected chi connectivity index (χ0v) is 13.6. The molecule has 4 nitrogen and oxygen atoms in total. The molecule has 4 rings (SSSR count). The molecule has 1 aliphatic heterocycles. The zero-order chi connectivity index (χ0) is 16.0. The summed E-state index contributed by atoms with van der Waals surface area (Å²) in [6, 6.07) is 10.7. The Balaban J connectivity index is 1.67. The molecule has 2 heterocycles. The maximum Gasteiger partial charge on any atom is 0.154 e. The second-order valence-corrected chi connectivity index (χ2v) is 6.30. The Morgan fingerprint density at radius 1 is 1.09 bits per heavy atom. The highest BCUT2D eigenvalue weighted by atomic mass is 15.2. The number of H-pyrrole nitrogens is 1. The molecule has 2 aromatic rings. The van der Waals surface area contributed by atoms with Crippen LogP contribution in [0, 0.1) is 13.8 Å². The van der Waals surface area contributed by atoms with Crippen LogP contribution in [0.4, 0.5) is 0 Å². The van der Waals surface area contributed by atoms with Gasteiger partial charge in [-0.3, -0.25) is 10.1 Å². The highest BCUT2D eigenvalue weighted by molar-refractivity contribution is 6.02. The topological polar surface area (TPSA) is 53.1 Å². The van der Waals surface area contributed by atoms with E-state index in [0.29, 0.717) is 0 Å². The predicted molar refractivity (Wildman–Crippen MR) is 93.3 cm³/mol. The predicted octanol–water partition coefficient (Wildman–Crippen LogP) is 3.51. The number of fused-ring (bicyclic) bond motifs is 1. The van der Waals surface area contributed by atoms with Gasteiger partial charge in [0.2, 0.25) is 0 Å². The second kappa shape index (κ2) is 5.23. The smallest absolute Gasteiger partial charge is 0.154 e. The number of aromatic amines is 1. The lowest BCUT2D eigenvalue weighted by Gasteiger charge is -2.20. The van der Waals surface area contributed by atoms with Gasteiger partial charge in [0.15, 0.2) is 5.84 Å². The zero-order valence-electron chi connectivity index (χ0n) is 13.6. The first kappa shape index (κ1) is 14.0. The quantitative estimate of drug-likeness (QED) is 0.892. The summed E-state index contributed by atoms with van der Waals surface area (Å²) in [7, 11) is 0. The molecule has 23 heavy (non-hydrogen) atoms. The number of rotatable bonds is 2. The summed E-state index contributed by atoms with van der Waals surface area (Å²) >= 11 is 0. The number of aliphatic imine (C=N–C) groups is 1. The molecule has 116 valence electrons. The third kappa shape index (κ3) is 2.31. The van der Waals surface area contributed by atoms with Crippen molar-refractivity contribution in [3.05, 3.63) is 70.2 Å². The molecule has 0 bridgehead atoms. The van der Waals surface area contributed by atoms with Crippen molar-refractivity contribution in [2.45, 2.75) is 33.2 Å². The summed E-state index contributed by atoms with van der Waals surface area (Å²) < 4.78 is 0. The first-order valence-electron chi connectivity index (χ1n) is 7.97. The number of hydrogen-bond donors (Lipinski definition) is 2. The molecule has 0 spiro atoms. The number of amidine groups is 1. The van der Waals surface area contributed by atoms with Crippen LogP contribution in [0.25, 0.3) is 5.57 Å². The number of nitrogens with zero attached hydrogens (tertiary/aromatic N) is 2. The van der Waals surface area contributed by atoms with E-state index in [9.17, 15) is 0 Å². The fourth-order valence-electron chi connectivity index (χ4n) is 3.23. The molecule has 1 aromatic heterocycles. The standard InChI is InChI=1S/C19H20N4/c1-11-9-16-17(10-15(11)14-7-5-4-6-8-14)21-19(20-16)18-12(2)13(3)22-23-18/h4-8,10,16H,9H2,1-3H3,(H,20,21)(H,22,23). The highest BCUT2D eigenvalue weighted by Gasteiger charge is 2.29. The molecule has 4 heteroatoms. The van der Waals surface area contributed by atoms with Gasteiger partial charge in [-0.15, -0.1) is 0 Å². The van der Waals surface area contributed by atoms with Gasteiger partial charge in [0.25, 0.3) is 0 Å². The molecule has 1 unspecified atom stereocenters. The second-order valence-electron chi connectivity index (χ2n) is 6.30. The number of nitrogens with one attached hydrogen (secondary N) is 2. The summed E-state index contributed by atoms with van der Waals surface area (Å²) in [6.45, 7) is 6.31. The van der Waals surface area contributed by atoms with Gasteiger partial charge in [-0.2, -0.15) is 5.10 Å². The molecule has 0 saturated carbocycles. The van der Waals surface area contributed by atoms with Crippen LogP contribution >= 0.6 is 0 Å². The molecule has 1 atom stereocenters. The number of allylic oxidation sites excluding steroid dienone is 2. The fourth-order valence-corrected chi connectivity index (χ4v) is 3.23. The van der Waals surface area contributed by atoms with E-state index in [2.05, 4.69) is 65.8 Å². The molecule has 0 fully saturated rings. The van der Waals surface area contributed by atoms with E-state index in [4.69, 9.17) is 4.99 Å². The highest BCUT2D eigenvalue weighted by Crippen LogP contribution is 2.34. The third-order valence-corrected chi connectivity index (χ3v) is 4.73. The number of benzene rings is 1. The van der Waals surface area contributed by atoms with Crippen molar-refractivity contribution >= 4 is 11.4 Å². The minimum Gasteiger partial charge on any atom is -0.340 e. The Bertz CT molecular complexity index is 853. The summed E-state index contributed by atoms with van der Waals surface area (Å²) in [6.07, 6.45) is 3.19. The third-order valence-electron chi connectivity index (χ3n) is 4.73. The van der Waals surface area contributed by atoms with Gasteiger partial charge in [0.05, 0.1) is 6.04 Å². The average molecular weight is 304 g/mol. The Morgan fingerprint density at radius 3 is 2.57 bits per heavy atom. The van der Waals surface area contributed by atoms with Crippen LogP contribution < -0.4 is 5.32 Å². The minimum atomic E-state index is 0.189. The molecule has 2 N–H and O–H groups in total. The molecular weight excluding hydrogens is 284 g/mol. The minimum absolute atomic E-state index is 0.189. The molecule has 1 aliphatic carbocycles. The molecule has 0 radical (unpaired) electrons. The van der Waals surface area contributed by atoms with E-state index >= 15 is 0 Å². The Labute approximate surface area is 136 Å². The van der Waals surface area contributed by atoms with Gasteiger partial charge < -0.3 is 5.32 Å². The lowest BCUT2D eigenvalue weighted by Crippen LogP contribution is -2.22. The molecule has 0 saturated heterocycles. The van der Waals surface area contributed by atoms with Crippen LogP contribution in [0.2, 0.25) is 0 Å². The van der Waals surface area contributed by atoms with Crippen molar-refractivity contribution in [2.24, 2.45) is 4.99 Å². The van der Waals surface area contributed by atoms with Crippen LogP contribution in [-0.2, 0) is 0 Å². The van der Waals surface area contributed by atoms with Crippen LogP contribution in [0.1, 0.15) is 35.9 Å². The van der Waals surface area contributed by atoms with Crippen LogP contribution in [-0.4, -0.2) is 22.1 Å². The van der Waals surface area contributed by atoms with Gasteiger partial charge >= 0.3 is 0 Å². The van der Waals surface area contributed by atoms with E-state index in [-0.39, 0.29) is 6.04 Å². The van der Waals surface area contributed by atoms with E-state index in [0.717, 1.165) is 29.2 Å². The van der Waals surface area contributed by atoms with E-state index < -0.39 is 0 Å². The van der Waals surface area contributed by atoms with E-state index in [1.54, 1.807) is 0 Å². The number of hydrogen-bond acceptors (Lipinski definition) is 3. The largest absolute Gasteiger partial charge is 0.340 e. The number of aryl methyl sites for hydroxylation is 1. The van der Waals surface area contributed by atoms with Crippen LogP contribution in [0.15, 0.2) is 52.7 Å². The summed E-state index contributed by atoms with van der Waals surface area (Å²) in [5, 5.41) is 10.9. The summed E-state index contributed by atoms with van der Waals surface area (Å²) in [5.74, 6) is 0.880. The van der Waals surface area contributed by atoms with E-state index in [1.807, 2.05) is 6.92 Å². The Kier molecular flexibility index (Phi) is 3.18. The first-order chi connectivity index (χ1) is 11.1. The van der Waals surface area contributed by atoms with Gasteiger partial charge in [-0.05, 0) is 44.4 Å². The van der Waals surface area contributed by atoms with Gasteiger partial charge in [-0.1, -0.05) is 35.9 Å². The fraction of sp³-hybridized carbons (Fsp3) is 0.263. The normalized spacial score (nSPS) is 20.0. The Hall–Kier alpha value is -2.62. The maximum atomic E-state index is 4.85. The van der Waals surface area contributed by atoms with Crippen molar-refractivity contribution in [1.82, 2.24) is 15.5 Å². The number of aromatic nitrogens is 2. The average Bonchev–Trinajstić information content (AvgIpc) is 3.11. The molecule has 2 aliphatic rings. The van der Waals surface area contributed by atoms with Crippen molar-refractivity contribution in [2.75, 3.05) is 0 Å². The maximum absolute atomic E-state index is 4.85. The Morgan fingerprint density at radius 2 is 1.87 bits per heavy atom. The monoisotopic (exact) mass is 304 g/mol. The van der Waals surface area contributed by atoms with Crippen molar-refractivity contribution < 1.29 is 0 Å². The van der Waals surface area contributed by atoms with Gasteiger partial charge in [-0.25, -0.2) is 0 Å². The summed E-state index contributed by atoms with van der Waals surface area (Å²) in [4.78, 5) is 4.85. The lowest BCUT2D eigenvalue weighted by molar-refractivity contribution is 0.758. The SMILES string of the molecule is CC1=C(c2ccccc2)C=C2NC(c3n[nH]c(C)c3C)=NC2C1. The van der Waals surface area contributed by atoms with Gasteiger partial charge in [0.1, 0.15) is 5.69 Å². The summed E-state index contributed by atoms with van der Waals surface area (Å²) in [5.41, 5.74) is 8.29. The van der Waals surface area contributed by atoms with E-state index in [1.165, 1.54) is 22.4 Å².